The van der Waals surface area contributed by atoms with Crippen LogP contribution in [0.25, 0.3) is 0 Å². The minimum absolute atomic E-state index is 0.320. The number of benzene rings is 1. The van der Waals surface area contributed by atoms with Crippen LogP contribution in [0.15, 0.2) is 23.2 Å². The Bertz CT molecular complexity index is 530. The molecule has 24 heavy (non-hydrogen) atoms. The molecule has 0 saturated heterocycles. The van der Waals surface area contributed by atoms with Crippen molar-refractivity contribution in [1.29, 1.82) is 0 Å². The van der Waals surface area contributed by atoms with Crippen molar-refractivity contribution in [2.75, 3.05) is 46.1 Å². The van der Waals surface area contributed by atoms with E-state index in [1.54, 1.807) is 0 Å². The fourth-order valence-electron chi connectivity index (χ4n) is 2.61. The van der Waals surface area contributed by atoms with Crippen molar-refractivity contribution in [2.45, 2.75) is 27.2 Å². The van der Waals surface area contributed by atoms with Gasteiger partial charge in [0.1, 0.15) is 0 Å². The summed E-state index contributed by atoms with van der Waals surface area (Å²) in [6, 6.07) is 6.11. The number of fused-ring (bicyclic) bond motifs is 1. The summed E-state index contributed by atoms with van der Waals surface area (Å²) in [7, 11) is 0. The molecule has 0 saturated carbocycles. The first-order valence-electron chi connectivity index (χ1n) is 8.89. The van der Waals surface area contributed by atoms with Gasteiger partial charge in [-0.25, -0.2) is 0 Å². The fraction of sp³-hybridized carbons (Fsp3) is 0.611. The lowest BCUT2D eigenvalue weighted by Gasteiger charge is -2.17. The number of guanidine groups is 1. The second kappa shape index (κ2) is 10.0. The number of nitrogens with zero attached hydrogens (tertiary/aromatic N) is 2. The van der Waals surface area contributed by atoms with E-state index in [4.69, 9.17) is 9.47 Å². The third kappa shape index (κ3) is 5.60. The monoisotopic (exact) mass is 334 g/mol. The summed E-state index contributed by atoms with van der Waals surface area (Å²) >= 11 is 0. The van der Waals surface area contributed by atoms with Gasteiger partial charge in [0, 0.05) is 19.6 Å². The molecule has 134 valence electrons. The van der Waals surface area contributed by atoms with E-state index >= 15 is 0 Å². The highest BCUT2D eigenvalue weighted by atomic mass is 16.7. The highest BCUT2D eigenvalue weighted by Gasteiger charge is 2.12. The van der Waals surface area contributed by atoms with Crippen molar-refractivity contribution in [1.82, 2.24) is 15.5 Å². The molecular weight excluding hydrogens is 304 g/mol. The molecule has 0 aliphatic carbocycles. The lowest BCUT2D eigenvalue weighted by atomic mass is 10.1. The average molecular weight is 334 g/mol. The van der Waals surface area contributed by atoms with E-state index in [1.165, 1.54) is 5.56 Å². The van der Waals surface area contributed by atoms with Crippen LogP contribution in [0.1, 0.15) is 26.3 Å². The van der Waals surface area contributed by atoms with Gasteiger partial charge in [-0.05, 0) is 44.1 Å². The zero-order chi connectivity index (χ0) is 17.2. The van der Waals surface area contributed by atoms with Crippen LogP contribution >= 0.6 is 0 Å². The first kappa shape index (κ1) is 18.4. The number of aliphatic imine (C=N–C) groups is 1. The van der Waals surface area contributed by atoms with E-state index in [-0.39, 0.29) is 0 Å². The van der Waals surface area contributed by atoms with Crippen LogP contribution in [-0.4, -0.2) is 56.9 Å². The Hall–Kier alpha value is -1.95. The molecule has 0 fully saturated rings. The molecule has 0 aromatic heterocycles. The second-order valence-corrected chi connectivity index (χ2v) is 5.65. The van der Waals surface area contributed by atoms with Crippen LogP contribution in [0.5, 0.6) is 11.5 Å². The molecule has 0 radical (unpaired) electrons. The maximum atomic E-state index is 5.42. The minimum atomic E-state index is 0.320. The number of hydrogen-bond donors (Lipinski definition) is 2. The maximum Gasteiger partial charge on any atom is 0.231 e. The van der Waals surface area contributed by atoms with Crippen LogP contribution in [0.3, 0.4) is 0 Å². The summed E-state index contributed by atoms with van der Waals surface area (Å²) in [4.78, 5) is 7.02. The van der Waals surface area contributed by atoms with Crippen LogP contribution < -0.4 is 20.1 Å². The van der Waals surface area contributed by atoms with Crippen molar-refractivity contribution in [3.05, 3.63) is 23.8 Å². The van der Waals surface area contributed by atoms with Gasteiger partial charge in [-0.1, -0.05) is 19.9 Å². The lowest BCUT2D eigenvalue weighted by Crippen LogP contribution is -2.39. The van der Waals surface area contributed by atoms with E-state index in [1.807, 2.05) is 6.07 Å². The van der Waals surface area contributed by atoms with Gasteiger partial charge in [0.15, 0.2) is 17.5 Å². The smallest absolute Gasteiger partial charge is 0.231 e. The molecule has 1 aromatic rings. The Morgan fingerprint density at radius 3 is 2.67 bits per heavy atom. The first-order valence-corrected chi connectivity index (χ1v) is 8.89. The summed E-state index contributed by atoms with van der Waals surface area (Å²) in [5.41, 5.74) is 1.23. The van der Waals surface area contributed by atoms with Crippen molar-refractivity contribution < 1.29 is 9.47 Å². The van der Waals surface area contributed by atoms with Crippen LogP contribution in [-0.2, 0) is 6.42 Å². The second-order valence-electron chi connectivity index (χ2n) is 5.65. The topological polar surface area (TPSA) is 58.1 Å². The summed E-state index contributed by atoms with van der Waals surface area (Å²) in [6.07, 6.45) is 0.914. The normalized spacial score (nSPS) is 13.4. The van der Waals surface area contributed by atoms with Gasteiger partial charge < -0.3 is 25.0 Å². The molecule has 1 aliphatic heterocycles. The van der Waals surface area contributed by atoms with Gasteiger partial charge in [0.05, 0.1) is 6.54 Å². The SMILES string of the molecule is CCNC(=NCCN(CC)CC)NCCc1ccc2c(c1)OCO2. The number of rotatable bonds is 9. The predicted molar refractivity (Wildman–Crippen MR) is 98.0 cm³/mol. The van der Waals surface area contributed by atoms with Crippen molar-refractivity contribution in [3.8, 4) is 11.5 Å². The maximum absolute atomic E-state index is 5.42. The number of nitrogens with one attached hydrogen (secondary N) is 2. The highest BCUT2D eigenvalue weighted by Crippen LogP contribution is 2.32. The van der Waals surface area contributed by atoms with E-state index in [2.05, 4.69) is 53.4 Å². The standard InChI is InChI=1S/C18H30N4O2/c1-4-19-18(21-11-12-22(5-2)6-3)20-10-9-15-7-8-16-17(13-15)24-14-23-16/h7-8,13H,4-6,9-12,14H2,1-3H3,(H2,19,20,21). The van der Waals surface area contributed by atoms with E-state index < -0.39 is 0 Å². The molecule has 6 nitrogen and oxygen atoms in total. The van der Waals surface area contributed by atoms with Crippen LogP contribution in [0, 0.1) is 0 Å². The Labute approximate surface area is 145 Å². The van der Waals surface area contributed by atoms with E-state index in [0.717, 1.165) is 63.1 Å². The van der Waals surface area contributed by atoms with Gasteiger partial charge in [0.2, 0.25) is 6.79 Å². The lowest BCUT2D eigenvalue weighted by molar-refractivity contribution is 0.174. The Morgan fingerprint density at radius 2 is 1.92 bits per heavy atom. The largest absolute Gasteiger partial charge is 0.454 e. The fourth-order valence-corrected chi connectivity index (χ4v) is 2.61. The molecule has 2 N–H and O–H groups in total. The minimum Gasteiger partial charge on any atom is -0.454 e. The van der Waals surface area contributed by atoms with Crippen molar-refractivity contribution in [2.24, 2.45) is 4.99 Å². The van der Waals surface area contributed by atoms with Gasteiger partial charge in [-0.2, -0.15) is 0 Å². The van der Waals surface area contributed by atoms with Crippen molar-refractivity contribution >= 4 is 5.96 Å². The zero-order valence-electron chi connectivity index (χ0n) is 15.1. The predicted octanol–water partition coefficient (Wildman–Crippen LogP) is 1.85. The highest BCUT2D eigenvalue weighted by molar-refractivity contribution is 5.79. The molecular formula is C18H30N4O2. The van der Waals surface area contributed by atoms with Gasteiger partial charge in [-0.15, -0.1) is 0 Å². The molecule has 0 spiro atoms. The van der Waals surface area contributed by atoms with E-state index in [0.29, 0.717) is 6.79 Å². The molecule has 1 aliphatic rings. The first-order chi connectivity index (χ1) is 11.8. The molecule has 6 heteroatoms. The number of ether oxygens (including phenoxy) is 2. The molecule has 0 atom stereocenters. The quantitative estimate of drug-likeness (QED) is 0.533. The molecule has 1 aromatic carbocycles. The summed E-state index contributed by atoms with van der Waals surface area (Å²) in [5.74, 6) is 2.55. The third-order valence-electron chi connectivity index (χ3n) is 4.07. The molecule has 1 heterocycles. The van der Waals surface area contributed by atoms with E-state index in [9.17, 15) is 0 Å². The van der Waals surface area contributed by atoms with Crippen LogP contribution in [0.2, 0.25) is 0 Å². The molecule has 0 amide bonds. The summed E-state index contributed by atoms with van der Waals surface area (Å²) in [5, 5.41) is 6.69. The molecule has 2 rings (SSSR count). The number of hydrogen-bond acceptors (Lipinski definition) is 4. The number of likely N-dealkylation sites (N-methyl/N-ethyl adjacent to an activating group) is 1. The Kier molecular flexibility index (Phi) is 7.68. The zero-order valence-corrected chi connectivity index (χ0v) is 15.1. The van der Waals surface area contributed by atoms with Gasteiger partial charge in [-0.3, -0.25) is 4.99 Å². The van der Waals surface area contributed by atoms with Gasteiger partial charge >= 0.3 is 0 Å². The Balaban J connectivity index is 1.78. The third-order valence-corrected chi connectivity index (χ3v) is 4.07. The molecule has 0 unspecified atom stereocenters. The van der Waals surface area contributed by atoms with Crippen molar-refractivity contribution in [3.63, 3.8) is 0 Å². The summed E-state index contributed by atoms with van der Waals surface area (Å²) < 4.78 is 10.8. The van der Waals surface area contributed by atoms with Crippen LogP contribution in [0.4, 0.5) is 0 Å². The molecule has 0 bridgehead atoms. The van der Waals surface area contributed by atoms with Gasteiger partial charge in [0.25, 0.3) is 0 Å². The Morgan fingerprint density at radius 1 is 1.12 bits per heavy atom. The summed E-state index contributed by atoms with van der Waals surface area (Å²) in [6.45, 7) is 12.4. The average Bonchev–Trinajstić information content (AvgIpc) is 3.06.